The first-order chi connectivity index (χ1) is 10.4. The lowest BCUT2D eigenvalue weighted by Gasteiger charge is -2.13. The Hall–Kier alpha value is -1.92. The fourth-order valence-corrected chi connectivity index (χ4v) is 3.17. The quantitative estimate of drug-likeness (QED) is 0.904. The standard InChI is InChI=1S/C15H16ClNO4S/c1-10-4-6-12(9-13(10)16)22(18,19)17-14-7-5-11(20-2)8-15(14)21-3/h4-9,17H,1-3H3. The van der Waals surface area contributed by atoms with Gasteiger partial charge in [-0.1, -0.05) is 17.7 Å². The van der Waals surface area contributed by atoms with E-state index in [0.717, 1.165) is 5.56 Å². The highest BCUT2D eigenvalue weighted by Gasteiger charge is 2.17. The first-order valence-corrected chi connectivity index (χ1v) is 8.24. The second-order valence-electron chi connectivity index (χ2n) is 4.58. The van der Waals surface area contributed by atoms with E-state index in [9.17, 15) is 8.42 Å². The Balaban J connectivity index is 2.38. The molecule has 0 amide bonds. The maximum atomic E-state index is 12.4. The van der Waals surface area contributed by atoms with Crippen LogP contribution in [0, 0.1) is 6.92 Å². The molecule has 118 valence electrons. The summed E-state index contributed by atoms with van der Waals surface area (Å²) in [6, 6.07) is 9.38. The summed E-state index contributed by atoms with van der Waals surface area (Å²) in [5, 5.41) is 0.393. The van der Waals surface area contributed by atoms with Gasteiger partial charge in [0.2, 0.25) is 0 Å². The molecule has 2 rings (SSSR count). The summed E-state index contributed by atoms with van der Waals surface area (Å²) < 4.78 is 37.6. The van der Waals surface area contributed by atoms with Gasteiger partial charge in [0.15, 0.2) is 0 Å². The number of hydrogen-bond donors (Lipinski definition) is 1. The number of rotatable bonds is 5. The molecule has 7 heteroatoms. The average molecular weight is 342 g/mol. The van der Waals surface area contributed by atoms with Crippen molar-refractivity contribution in [2.24, 2.45) is 0 Å². The van der Waals surface area contributed by atoms with E-state index in [1.807, 2.05) is 0 Å². The van der Waals surface area contributed by atoms with Crippen LogP contribution in [0.5, 0.6) is 11.5 Å². The molecule has 0 aliphatic heterocycles. The zero-order chi connectivity index (χ0) is 16.3. The Bertz CT molecular complexity index is 790. The Morgan fingerprint density at radius 2 is 1.77 bits per heavy atom. The van der Waals surface area contributed by atoms with Gasteiger partial charge >= 0.3 is 0 Å². The monoisotopic (exact) mass is 341 g/mol. The highest BCUT2D eigenvalue weighted by atomic mass is 35.5. The molecule has 0 unspecified atom stereocenters. The molecular weight excluding hydrogens is 326 g/mol. The van der Waals surface area contributed by atoms with E-state index in [2.05, 4.69) is 4.72 Å². The lowest BCUT2D eigenvalue weighted by Crippen LogP contribution is -2.13. The smallest absolute Gasteiger partial charge is 0.262 e. The van der Waals surface area contributed by atoms with Crippen LogP contribution in [0.1, 0.15) is 5.56 Å². The molecule has 2 aromatic rings. The number of hydrogen-bond acceptors (Lipinski definition) is 4. The summed E-state index contributed by atoms with van der Waals surface area (Å²) in [5.74, 6) is 0.930. The van der Waals surface area contributed by atoms with Crippen LogP contribution in [0.25, 0.3) is 0 Å². The van der Waals surface area contributed by atoms with Gasteiger partial charge in [0.25, 0.3) is 10.0 Å². The highest BCUT2D eigenvalue weighted by molar-refractivity contribution is 7.92. The molecule has 22 heavy (non-hydrogen) atoms. The van der Waals surface area contributed by atoms with E-state index in [-0.39, 0.29) is 4.90 Å². The fraction of sp³-hybridized carbons (Fsp3) is 0.200. The number of methoxy groups -OCH3 is 2. The van der Waals surface area contributed by atoms with Gasteiger partial charge in [-0.3, -0.25) is 4.72 Å². The van der Waals surface area contributed by atoms with E-state index >= 15 is 0 Å². The molecule has 5 nitrogen and oxygen atoms in total. The maximum Gasteiger partial charge on any atom is 0.262 e. The van der Waals surface area contributed by atoms with Crippen LogP contribution in [-0.4, -0.2) is 22.6 Å². The molecular formula is C15H16ClNO4S. The third kappa shape index (κ3) is 3.45. The summed E-state index contributed by atoms with van der Waals surface area (Å²) in [4.78, 5) is 0.0842. The third-order valence-corrected chi connectivity index (χ3v) is 4.88. The second kappa shape index (κ2) is 6.46. The van der Waals surface area contributed by atoms with Crippen molar-refractivity contribution in [2.75, 3.05) is 18.9 Å². The van der Waals surface area contributed by atoms with Gasteiger partial charge in [-0.15, -0.1) is 0 Å². The van der Waals surface area contributed by atoms with Crippen molar-refractivity contribution in [3.05, 3.63) is 47.0 Å². The van der Waals surface area contributed by atoms with Crippen LogP contribution in [0.4, 0.5) is 5.69 Å². The minimum absolute atomic E-state index is 0.0842. The normalized spacial score (nSPS) is 11.1. The summed E-state index contributed by atoms with van der Waals surface area (Å²) in [5.41, 5.74) is 1.13. The number of sulfonamides is 1. The molecule has 0 bridgehead atoms. The lowest BCUT2D eigenvalue weighted by molar-refractivity contribution is 0.395. The van der Waals surface area contributed by atoms with Gasteiger partial charge in [0, 0.05) is 11.1 Å². The molecule has 0 aliphatic carbocycles. The van der Waals surface area contributed by atoms with Crippen molar-refractivity contribution >= 4 is 27.3 Å². The number of aryl methyl sites for hydroxylation is 1. The van der Waals surface area contributed by atoms with Gasteiger partial charge in [-0.2, -0.15) is 0 Å². The van der Waals surface area contributed by atoms with E-state index in [1.165, 1.54) is 26.4 Å². The first-order valence-electron chi connectivity index (χ1n) is 6.38. The third-order valence-electron chi connectivity index (χ3n) is 3.11. The average Bonchev–Trinajstić information content (AvgIpc) is 2.50. The molecule has 0 saturated carbocycles. The van der Waals surface area contributed by atoms with Crippen LogP contribution in [0.2, 0.25) is 5.02 Å². The molecule has 0 fully saturated rings. The molecule has 0 atom stereocenters. The van der Waals surface area contributed by atoms with E-state index < -0.39 is 10.0 Å². The summed E-state index contributed by atoms with van der Waals surface area (Å²) in [6.07, 6.45) is 0. The summed E-state index contributed by atoms with van der Waals surface area (Å²) in [7, 11) is -0.786. The second-order valence-corrected chi connectivity index (χ2v) is 6.67. The minimum atomic E-state index is -3.76. The minimum Gasteiger partial charge on any atom is -0.497 e. The van der Waals surface area contributed by atoms with E-state index in [1.54, 1.807) is 31.2 Å². The number of anilines is 1. The van der Waals surface area contributed by atoms with E-state index in [4.69, 9.17) is 21.1 Å². The topological polar surface area (TPSA) is 64.6 Å². The molecule has 0 radical (unpaired) electrons. The van der Waals surface area contributed by atoms with Crippen molar-refractivity contribution in [1.29, 1.82) is 0 Å². The van der Waals surface area contributed by atoms with Crippen LogP contribution in [0.3, 0.4) is 0 Å². The lowest BCUT2D eigenvalue weighted by atomic mass is 10.2. The fourth-order valence-electron chi connectivity index (χ4n) is 1.83. The molecule has 0 aromatic heterocycles. The zero-order valence-electron chi connectivity index (χ0n) is 12.4. The molecule has 0 heterocycles. The number of nitrogens with one attached hydrogen (secondary N) is 1. The Morgan fingerprint density at radius 3 is 2.36 bits per heavy atom. The van der Waals surface area contributed by atoms with Crippen molar-refractivity contribution in [3.8, 4) is 11.5 Å². The number of halogens is 1. The van der Waals surface area contributed by atoms with Crippen LogP contribution in [0.15, 0.2) is 41.3 Å². The number of ether oxygens (including phenoxy) is 2. The Labute approximate surface area is 134 Å². The van der Waals surface area contributed by atoms with Crippen molar-refractivity contribution in [1.82, 2.24) is 0 Å². The van der Waals surface area contributed by atoms with Gasteiger partial charge in [0.05, 0.1) is 24.8 Å². The molecule has 0 aliphatic rings. The Kier molecular flexibility index (Phi) is 4.83. The molecule has 0 saturated heterocycles. The van der Waals surface area contributed by atoms with Gasteiger partial charge in [-0.25, -0.2) is 8.42 Å². The van der Waals surface area contributed by atoms with E-state index in [0.29, 0.717) is 22.2 Å². The largest absolute Gasteiger partial charge is 0.497 e. The summed E-state index contributed by atoms with van der Waals surface area (Å²) >= 11 is 5.99. The van der Waals surface area contributed by atoms with Crippen LogP contribution >= 0.6 is 11.6 Å². The maximum absolute atomic E-state index is 12.4. The molecule has 1 N–H and O–H groups in total. The van der Waals surface area contributed by atoms with Gasteiger partial charge < -0.3 is 9.47 Å². The summed E-state index contributed by atoms with van der Waals surface area (Å²) in [6.45, 7) is 1.80. The van der Waals surface area contributed by atoms with Crippen LogP contribution in [-0.2, 0) is 10.0 Å². The van der Waals surface area contributed by atoms with Crippen LogP contribution < -0.4 is 14.2 Å². The van der Waals surface area contributed by atoms with Crippen molar-refractivity contribution in [3.63, 3.8) is 0 Å². The zero-order valence-corrected chi connectivity index (χ0v) is 14.0. The predicted octanol–water partition coefficient (Wildman–Crippen LogP) is 3.47. The Morgan fingerprint density at radius 1 is 1.05 bits per heavy atom. The van der Waals surface area contributed by atoms with Gasteiger partial charge in [-0.05, 0) is 36.8 Å². The van der Waals surface area contributed by atoms with Crippen molar-refractivity contribution < 1.29 is 17.9 Å². The highest BCUT2D eigenvalue weighted by Crippen LogP contribution is 2.31. The van der Waals surface area contributed by atoms with Gasteiger partial charge in [0.1, 0.15) is 11.5 Å². The molecule has 2 aromatic carbocycles. The van der Waals surface area contributed by atoms with Crippen molar-refractivity contribution in [2.45, 2.75) is 11.8 Å². The number of benzene rings is 2. The SMILES string of the molecule is COc1ccc(NS(=O)(=O)c2ccc(C)c(Cl)c2)c(OC)c1. The molecule has 0 spiro atoms. The predicted molar refractivity (Wildman–Crippen MR) is 86.5 cm³/mol. The first kappa shape index (κ1) is 16.5.